The van der Waals surface area contributed by atoms with Crippen LogP contribution < -0.4 is 0 Å². The Kier molecular flexibility index (Phi) is 11.7. The lowest BCUT2D eigenvalue weighted by Crippen LogP contribution is -2.56. The number of hydrogen-bond acceptors (Lipinski definition) is 2. The Hall–Kier alpha value is -1.35. The SMILES string of the molecule is CC(=O)OCCCCCCCCCCC=CC(F)(F)C(F)(F)C(F)(F)C(F)F. The Morgan fingerprint density at radius 1 is 0.857 bits per heavy atom. The van der Waals surface area contributed by atoms with E-state index in [1.165, 1.54) is 6.92 Å². The van der Waals surface area contributed by atoms with Crippen LogP contribution in [0.4, 0.5) is 35.1 Å². The lowest BCUT2D eigenvalue weighted by molar-refractivity contribution is -0.325. The van der Waals surface area contributed by atoms with E-state index < -0.39 is 30.3 Å². The molecule has 0 N–H and O–H groups in total. The van der Waals surface area contributed by atoms with Gasteiger partial charge >= 0.3 is 30.2 Å². The van der Waals surface area contributed by atoms with E-state index in [-0.39, 0.29) is 12.4 Å². The second-order valence-corrected chi connectivity index (χ2v) is 6.48. The number of allylic oxidation sites excluding steroid dienone is 2. The van der Waals surface area contributed by atoms with Crippen LogP contribution in [0.25, 0.3) is 0 Å². The second kappa shape index (κ2) is 12.3. The van der Waals surface area contributed by atoms with Gasteiger partial charge in [-0.3, -0.25) is 4.79 Å². The van der Waals surface area contributed by atoms with Crippen LogP contribution in [0.5, 0.6) is 0 Å². The van der Waals surface area contributed by atoms with Crippen molar-refractivity contribution in [3.05, 3.63) is 12.2 Å². The first-order valence-electron chi connectivity index (χ1n) is 9.09. The van der Waals surface area contributed by atoms with E-state index in [2.05, 4.69) is 0 Å². The van der Waals surface area contributed by atoms with E-state index in [1.54, 1.807) is 0 Å². The Morgan fingerprint density at radius 3 is 1.79 bits per heavy atom. The van der Waals surface area contributed by atoms with E-state index in [0.717, 1.165) is 38.5 Å². The molecule has 0 aromatic heterocycles. The topological polar surface area (TPSA) is 26.3 Å². The number of halogens is 8. The molecule has 2 nitrogen and oxygen atoms in total. The largest absolute Gasteiger partial charge is 0.466 e. The molecule has 0 aliphatic carbocycles. The standard InChI is InChI=1S/C18H26F8O2/c1-14(27)28-13-11-9-7-5-3-2-4-6-8-10-12-16(21,22)18(25,26)17(23,24)15(19)20/h10,12,15H,2-9,11,13H2,1H3. The predicted molar refractivity (Wildman–Crippen MR) is 88.2 cm³/mol. The van der Waals surface area contributed by atoms with Gasteiger partial charge in [-0.05, 0) is 25.3 Å². The van der Waals surface area contributed by atoms with Crippen molar-refractivity contribution in [2.45, 2.75) is 88.9 Å². The van der Waals surface area contributed by atoms with Crippen LogP contribution in [-0.2, 0) is 9.53 Å². The van der Waals surface area contributed by atoms with Crippen LogP contribution in [0, 0.1) is 0 Å². The average molecular weight is 426 g/mol. The van der Waals surface area contributed by atoms with Gasteiger partial charge in [0.1, 0.15) is 0 Å². The van der Waals surface area contributed by atoms with Crippen molar-refractivity contribution in [2.75, 3.05) is 6.61 Å². The summed E-state index contributed by atoms with van der Waals surface area (Å²) in [6, 6.07) is 0. The summed E-state index contributed by atoms with van der Waals surface area (Å²) < 4.78 is 107. The fourth-order valence-corrected chi connectivity index (χ4v) is 2.34. The highest BCUT2D eigenvalue weighted by Gasteiger charge is 2.74. The molecular formula is C18H26F8O2. The van der Waals surface area contributed by atoms with Gasteiger partial charge in [0.15, 0.2) is 0 Å². The van der Waals surface area contributed by atoms with Crippen LogP contribution in [0.3, 0.4) is 0 Å². The molecule has 0 rings (SSSR count). The minimum Gasteiger partial charge on any atom is -0.466 e. The lowest BCUT2D eigenvalue weighted by atomic mass is 10.0. The summed E-state index contributed by atoms with van der Waals surface area (Å²) in [5, 5.41) is 0. The minimum atomic E-state index is -6.18. The zero-order valence-electron chi connectivity index (χ0n) is 15.6. The lowest BCUT2D eigenvalue weighted by Gasteiger charge is -2.30. The molecule has 0 spiro atoms. The third kappa shape index (κ3) is 8.77. The van der Waals surface area contributed by atoms with Crippen LogP contribution in [0.1, 0.15) is 64.7 Å². The fourth-order valence-electron chi connectivity index (χ4n) is 2.34. The molecule has 0 saturated heterocycles. The number of unbranched alkanes of at least 4 members (excludes halogenated alkanes) is 8. The average Bonchev–Trinajstić information content (AvgIpc) is 2.58. The summed E-state index contributed by atoms with van der Waals surface area (Å²) in [7, 11) is 0. The summed E-state index contributed by atoms with van der Waals surface area (Å²) in [6.07, 6.45) is 1.48. The Balaban J connectivity index is 3.96. The quantitative estimate of drug-likeness (QED) is 0.125. The van der Waals surface area contributed by atoms with Gasteiger partial charge < -0.3 is 4.74 Å². The normalized spacial score (nSPS) is 13.5. The van der Waals surface area contributed by atoms with E-state index >= 15 is 0 Å². The molecule has 28 heavy (non-hydrogen) atoms. The van der Waals surface area contributed by atoms with Gasteiger partial charge in [-0.25, -0.2) is 8.78 Å². The highest BCUT2D eigenvalue weighted by molar-refractivity contribution is 5.65. The first-order valence-corrected chi connectivity index (χ1v) is 9.09. The molecule has 0 atom stereocenters. The van der Waals surface area contributed by atoms with Crippen molar-refractivity contribution in [1.82, 2.24) is 0 Å². The van der Waals surface area contributed by atoms with E-state index in [4.69, 9.17) is 4.74 Å². The molecule has 10 heteroatoms. The second-order valence-electron chi connectivity index (χ2n) is 6.48. The third-order valence-electron chi connectivity index (χ3n) is 4.01. The van der Waals surface area contributed by atoms with E-state index in [1.807, 2.05) is 0 Å². The minimum absolute atomic E-state index is 0.0473. The summed E-state index contributed by atoms with van der Waals surface area (Å²) in [5.74, 6) is -18.0. The van der Waals surface area contributed by atoms with Crippen molar-refractivity contribution in [3.63, 3.8) is 0 Å². The first-order chi connectivity index (χ1) is 12.9. The number of ether oxygens (including phenoxy) is 1. The molecule has 0 fully saturated rings. The van der Waals surface area contributed by atoms with Crippen LogP contribution in [-0.4, -0.2) is 36.8 Å². The van der Waals surface area contributed by atoms with E-state index in [9.17, 15) is 39.9 Å². The molecule has 0 radical (unpaired) electrons. The molecule has 0 heterocycles. The zero-order chi connectivity index (χ0) is 21.8. The van der Waals surface area contributed by atoms with Gasteiger partial charge in [-0.2, -0.15) is 26.3 Å². The Morgan fingerprint density at radius 2 is 1.32 bits per heavy atom. The van der Waals surface area contributed by atoms with Crippen molar-refractivity contribution < 1.29 is 44.7 Å². The Bertz CT molecular complexity index is 478. The molecule has 0 bridgehead atoms. The maximum Gasteiger partial charge on any atom is 0.381 e. The zero-order valence-corrected chi connectivity index (χ0v) is 15.6. The fraction of sp³-hybridized carbons (Fsp3) is 0.833. The predicted octanol–water partition coefficient (Wildman–Crippen LogP) is 6.79. The van der Waals surface area contributed by atoms with Crippen LogP contribution in [0.15, 0.2) is 12.2 Å². The monoisotopic (exact) mass is 426 g/mol. The summed E-state index contributed by atoms with van der Waals surface area (Å²) >= 11 is 0. The number of carbonyl (C=O) groups excluding carboxylic acids is 1. The van der Waals surface area contributed by atoms with Gasteiger partial charge in [0.05, 0.1) is 6.61 Å². The summed E-state index contributed by atoms with van der Waals surface area (Å²) in [4.78, 5) is 10.5. The molecule has 0 aliphatic rings. The molecule has 0 aliphatic heterocycles. The number of hydrogen-bond donors (Lipinski definition) is 0. The van der Waals surface area contributed by atoms with E-state index in [0.29, 0.717) is 25.5 Å². The summed E-state index contributed by atoms with van der Waals surface area (Å²) in [5.41, 5.74) is 0. The van der Waals surface area contributed by atoms with Gasteiger partial charge in [0, 0.05) is 6.92 Å². The molecule has 0 aromatic rings. The molecule has 0 saturated carbocycles. The number of esters is 1. The van der Waals surface area contributed by atoms with Crippen molar-refractivity contribution >= 4 is 5.97 Å². The molecule has 0 unspecified atom stereocenters. The first kappa shape index (κ1) is 26.6. The van der Waals surface area contributed by atoms with Crippen molar-refractivity contribution in [2.24, 2.45) is 0 Å². The summed E-state index contributed by atoms with van der Waals surface area (Å²) in [6.45, 7) is 1.72. The van der Waals surface area contributed by atoms with Crippen LogP contribution in [0.2, 0.25) is 0 Å². The third-order valence-corrected chi connectivity index (χ3v) is 4.01. The number of alkyl halides is 8. The van der Waals surface area contributed by atoms with Gasteiger partial charge in [0.25, 0.3) is 0 Å². The Labute approximate surface area is 159 Å². The molecule has 0 aromatic carbocycles. The van der Waals surface area contributed by atoms with Gasteiger partial charge in [-0.1, -0.05) is 44.6 Å². The number of carbonyl (C=O) groups is 1. The van der Waals surface area contributed by atoms with Crippen molar-refractivity contribution in [3.8, 4) is 0 Å². The maximum atomic E-state index is 13.2. The molecule has 166 valence electrons. The highest BCUT2D eigenvalue weighted by atomic mass is 19.4. The molecule has 0 amide bonds. The van der Waals surface area contributed by atoms with Crippen molar-refractivity contribution in [1.29, 1.82) is 0 Å². The van der Waals surface area contributed by atoms with Gasteiger partial charge in [-0.15, -0.1) is 0 Å². The maximum absolute atomic E-state index is 13.2. The number of rotatable bonds is 15. The van der Waals surface area contributed by atoms with Crippen LogP contribution >= 0.6 is 0 Å². The molecular weight excluding hydrogens is 400 g/mol. The smallest absolute Gasteiger partial charge is 0.381 e. The highest BCUT2D eigenvalue weighted by Crippen LogP contribution is 2.49. The van der Waals surface area contributed by atoms with Gasteiger partial charge in [0.2, 0.25) is 0 Å².